The summed E-state index contributed by atoms with van der Waals surface area (Å²) in [6, 6.07) is 2.16. The second-order valence-electron chi connectivity index (χ2n) is 8.25. The van der Waals surface area contributed by atoms with Crippen LogP contribution in [0, 0.1) is 5.92 Å². The van der Waals surface area contributed by atoms with E-state index in [0.717, 1.165) is 37.7 Å². The number of anilines is 1. The molecule has 3 heterocycles. The van der Waals surface area contributed by atoms with Crippen molar-refractivity contribution in [3.05, 3.63) is 39.1 Å². The van der Waals surface area contributed by atoms with E-state index in [9.17, 15) is 15.0 Å². The van der Waals surface area contributed by atoms with Crippen molar-refractivity contribution < 1.29 is 10.2 Å². The highest BCUT2D eigenvalue weighted by Gasteiger charge is 2.21. The quantitative estimate of drug-likeness (QED) is 0.401. The Balaban J connectivity index is 1.57. The Labute approximate surface area is 171 Å². The van der Waals surface area contributed by atoms with Crippen LogP contribution in [0.3, 0.4) is 0 Å². The molecule has 10 nitrogen and oxygen atoms in total. The van der Waals surface area contributed by atoms with Gasteiger partial charge in [-0.3, -0.25) is 9.98 Å². The van der Waals surface area contributed by atoms with E-state index in [2.05, 4.69) is 20.4 Å². The normalized spacial score (nSPS) is 23.4. The molecule has 30 heavy (non-hydrogen) atoms. The van der Waals surface area contributed by atoms with Crippen LogP contribution in [0.5, 0.6) is 5.88 Å². The monoisotopic (exact) mass is 411 g/mol. The Bertz CT molecular complexity index is 1230. The first-order valence-electron chi connectivity index (χ1n) is 10.4. The minimum atomic E-state index is -0.481. The molecule has 3 aromatic heterocycles. The Hall–Kier alpha value is -3.14. The number of hydrogen-bond donors (Lipinski definition) is 5. The van der Waals surface area contributed by atoms with Gasteiger partial charge in [-0.1, -0.05) is 0 Å². The van der Waals surface area contributed by atoms with Gasteiger partial charge < -0.3 is 20.5 Å². The zero-order valence-corrected chi connectivity index (χ0v) is 16.5. The van der Waals surface area contributed by atoms with E-state index in [4.69, 9.17) is 9.98 Å². The zero-order chi connectivity index (χ0) is 20.7. The molecule has 3 aromatic rings. The highest BCUT2D eigenvalue weighted by Crippen LogP contribution is 2.28. The lowest BCUT2D eigenvalue weighted by Crippen LogP contribution is -2.30. The van der Waals surface area contributed by atoms with Crippen molar-refractivity contribution in [2.24, 2.45) is 10.9 Å². The van der Waals surface area contributed by atoms with E-state index in [0.29, 0.717) is 22.6 Å². The van der Waals surface area contributed by atoms with Gasteiger partial charge in [-0.15, -0.1) is 0 Å². The van der Waals surface area contributed by atoms with Gasteiger partial charge in [0.25, 0.3) is 0 Å². The van der Waals surface area contributed by atoms with Crippen LogP contribution in [0.2, 0.25) is 0 Å². The van der Waals surface area contributed by atoms with Crippen molar-refractivity contribution in [2.75, 3.05) is 11.9 Å². The number of H-pyrrole nitrogens is 2. The third-order valence-corrected chi connectivity index (χ3v) is 5.77. The van der Waals surface area contributed by atoms with Crippen molar-refractivity contribution in [1.82, 2.24) is 24.6 Å². The first kappa shape index (κ1) is 18.9. The number of aromatic amines is 2. The topological polar surface area (TPSA) is 144 Å². The number of aliphatic hydroxyl groups is 1. The molecular weight excluding hydrogens is 386 g/mol. The van der Waals surface area contributed by atoms with Gasteiger partial charge in [-0.05, 0) is 50.5 Å². The molecule has 158 valence electrons. The van der Waals surface area contributed by atoms with Crippen LogP contribution in [0.25, 0.3) is 11.7 Å². The number of imidazole rings is 1. The van der Waals surface area contributed by atoms with E-state index in [-0.39, 0.29) is 23.7 Å². The molecular formula is C20H25N7O3. The van der Waals surface area contributed by atoms with E-state index < -0.39 is 5.69 Å². The molecule has 0 atom stereocenters. The Morgan fingerprint density at radius 3 is 2.73 bits per heavy atom. The summed E-state index contributed by atoms with van der Waals surface area (Å²) >= 11 is 0. The van der Waals surface area contributed by atoms with Gasteiger partial charge in [0, 0.05) is 23.9 Å². The average molecular weight is 411 g/mol. The van der Waals surface area contributed by atoms with Crippen LogP contribution in [-0.2, 0) is 0 Å². The smallest absolute Gasteiger partial charge is 0.326 e. The molecule has 2 fully saturated rings. The fourth-order valence-electron chi connectivity index (χ4n) is 3.85. The van der Waals surface area contributed by atoms with E-state index in [1.54, 1.807) is 16.8 Å². The van der Waals surface area contributed by atoms with Crippen LogP contribution in [-0.4, -0.2) is 53.5 Å². The highest BCUT2D eigenvalue weighted by atomic mass is 16.3. The molecule has 5 rings (SSSR count). The minimum Gasteiger partial charge on any atom is -0.493 e. The predicted molar refractivity (Wildman–Crippen MR) is 110 cm³/mol. The number of nitrogens with one attached hydrogen (secondary N) is 3. The number of aliphatic hydroxyl groups excluding tert-OH is 1. The van der Waals surface area contributed by atoms with Crippen LogP contribution in [0.15, 0.2) is 22.1 Å². The number of aromatic hydroxyl groups is 1. The van der Waals surface area contributed by atoms with Gasteiger partial charge in [0.05, 0.1) is 12.3 Å². The van der Waals surface area contributed by atoms with Gasteiger partial charge in [0.1, 0.15) is 11.5 Å². The van der Waals surface area contributed by atoms with Crippen LogP contribution >= 0.6 is 0 Å². The van der Waals surface area contributed by atoms with E-state index in [1.807, 2.05) is 6.07 Å². The number of rotatable bonds is 5. The maximum Gasteiger partial charge on any atom is 0.326 e. The van der Waals surface area contributed by atoms with Crippen molar-refractivity contribution in [3.63, 3.8) is 0 Å². The molecule has 5 N–H and O–H groups in total. The summed E-state index contributed by atoms with van der Waals surface area (Å²) < 4.78 is 1.69. The standard InChI is InChI=1S/C20H25N7O3/c28-14-5-3-13(4-6-14)23-16-8-17(21-9-11-1-2-11)27-18(25-16)12(10-22-27)7-15-19(29)26-20(30)24-15/h7-8,10-11,13-14,23,28-29H,1-6,9H2,(H2,24,26,30). The minimum absolute atomic E-state index is 0.213. The van der Waals surface area contributed by atoms with Crippen molar-refractivity contribution in [3.8, 4) is 5.88 Å². The Morgan fingerprint density at radius 2 is 2.03 bits per heavy atom. The fourth-order valence-corrected chi connectivity index (χ4v) is 3.85. The third kappa shape index (κ3) is 3.95. The van der Waals surface area contributed by atoms with E-state index >= 15 is 0 Å². The number of aromatic nitrogens is 5. The summed E-state index contributed by atoms with van der Waals surface area (Å²) in [6.45, 7) is 0.763. The number of hydrogen-bond acceptors (Lipinski definition) is 7. The van der Waals surface area contributed by atoms with Crippen LogP contribution in [0.1, 0.15) is 44.2 Å². The second-order valence-corrected chi connectivity index (χ2v) is 8.25. The molecule has 0 aliphatic heterocycles. The summed E-state index contributed by atoms with van der Waals surface area (Å²) in [5, 5.41) is 28.2. The van der Waals surface area contributed by atoms with Crippen molar-refractivity contribution in [1.29, 1.82) is 0 Å². The molecule has 2 saturated carbocycles. The summed E-state index contributed by atoms with van der Waals surface area (Å²) in [4.78, 5) is 25.8. The summed E-state index contributed by atoms with van der Waals surface area (Å²) in [7, 11) is 0. The zero-order valence-electron chi connectivity index (χ0n) is 16.5. The number of fused-ring (bicyclic) bond motifs is 1. The van der Waals surface area contributed by atoms with Crippen molar-refractivity contribution >= 4 is 17.5 Å². The summed E-state index contributed by atoms with van der Waals surface area (Å²) in [5.74, 6) is 1.13. The molecule has 2 aliphatic rings. The maximum atomic E-state index is 11.4. The lowest BCUT2D eigenvalue weighted by Gasteiger charge is -2.26. The van der Waals surface area contributed by atoms with Crippen LogP contribution < -0.4 is 21.7 Å². The predicted octanol–water partition coefficient (Wildman–Crippen LogP) is 0.0251. The average Bonchev–Trinajstić information content (AvgIpc) is 3.39. The Morgan fingerprint density at radius 1 is 1.23 bits per heavy atom. The van der Waals surface area contributed by atoms with Gasteiger partial charge in [0.15, 0.2) is 11.1 Å². The highest BCUT2D eigenvalue weighted by molar-refractivity contribution is 5.58. The summed E-state index contributed by atoms with van der Waals surface area (Å²) in [6.07, 6.45) is 8.83. The lowest BCUT2D eigenvalue weighted by molar-refractivity contribution is 0.126. The van der Waals surface area contributed by atoms with Crippen molar-refractivity contribution in [2.45, 2.75) is 50.7 Å². The first-order valence-corrected chi connectivity index (χ1v) is 10.4. The molecule has 0 aromatic carbocycles. The van der Waals surface area contributed by atoms with Gasteiger partial charge in [-0.2, -0.15) is 9.61 Å². The second kappa shape index (κ2) is 7.60. The first-order chi connectivity index (χ1) is 14.5. The van der Waals surface area contributed by atoms with E-state index in [1.165, 1.54) is 12.8 Å². The summed E-state index contributed by atoms with van der Waals surface area (Å²) in [5.41, 5.74) is 1.10. The maximum absolute atomic E-state index is 11.4. The van der Waals surface area contributed by atoms with Gasteiger partial charge >= 0.3 is 5.69 Å². The van der Waals surface area contributed by atoms with Gasteiger partial charge in [0.2, 0.25) is 5.88 Å². The molecule has 0 saturated heterocycles. The van der Waals surface area contributed by atoms with Crippen LogP contribution in [0.4, 0.5) is 5.82 Å². The fraction of sp³-hybridized carbons (Fsp3) is 0.500. The molecule has 0 bridgehead atoms. The molecule has 0 spiro atoms. The molecule has 0 unspecified atom stereocenters. The third-order valence-electron chi connectivity index (χ3n) is 5.77. The van der Waals surface area contributed by atoms with Gasteiger partial charge in [-0.25, -0.2) is 9.78 Å². The SMILES string of the molecule is O=c1[nH]c(O)c(C=c2cnn3c(=NCC4CC4)cc(NC4CCC(O)CC4)nc23)[nH]1. The molecule has 10 heteroatoms. The Kier molecular flexibility index (Phi) is 4.78. The molecule has 0 radical (unpaired) electrons. The molecule has 2 aliphatic carbocycles. The lowest BCUT2D eigenvalue weighted by atomic mass is 9.93. The molecule has 0 amide bonds. The number of nitrogens with zero attached hydrogens (tertiary/aromatic N) is 4. The largest absolute Gasteiger partial charge is 0.493 e.